The van der Waals surface area contributed by atoms with E-state index in [4.69, 9.17) is 4.42 Å². The van der Waals surface area contributed by atoms with Gasteiger partial charge in [-0.1, -0.05) is 0 Å². The van der Waals surface area contributed by atoms with Crippen LogP contribution in [-0.2, 0) is 4.74 Å². The number of nitrogens with zero attached hydrogens (tertiary/aromatic N) is 1. The van der Waals surface area contributed by atoms with Crippen LogP contribution < -0.4 is 10.9 Å². The quantitative estimate of drug-likeness (QED) is 0.528. The summed E-state index contributed by atoms with van der Waals surface area (Å²) in [5.41, 5.74) is -0.285. The van der Waals surface area contributed by atoms with Gasteiger partial charge in [-0.3, -0.25) is 15.4 Å². The van der Waals surface area contributed by atoms with E-state index in [0.717, 1.165) is 0 Å². The van der Waals surface area contributed by atoms with E-state index >= 15 is 0 Å². The van der Waals surface area contributed by atoms with Crippen LogP contribution in [0, 0.1) is 17.0 Å². The highest BCUT2D eigenvalue weighted by atomic mass is 16.6. The van der Waals surface area contributed by atoms with E-state index in [0.29, 0.717) is 10.9 Å². The molecule has 0 aliphatic rings. The third-order valence-electron chi connectivity index (χ3n) is 2.78. The Hall–Kier alpha value is -2.90. The Morgan fingerprint density at radius 3 is 2.76 bits per heavy atom. The van der Waals surface area contributed by atoms with Gasteiger partial charge in [0.15, 0.2) is 0 Å². The van der Waals surface area contributed by atoms with Gasteiger partial charge in [-0.25, -0.2) is 9.59 Å². The number of aryl methyl sites for hydroxylation is 1. The van der Waals surface area contributed by atoms with Gasteiger partial charge in [0.1, 0.15) is 11.3 Å². The Bertz CT molecular complexity index is 780. The molecule has 0 aliphatic heterocycles. The van der Waals surface area contributed by atoms with E-state index in [-0.39, 0.29) is 23.6 Å². The van der Waals surface area contributed by atoms with Gasteiger partial charge in [-0.2, -0.15) is 0 Å². The molecule has 2 rings (SSSR count). The van der Waals surface area contributed by atoms with Crippen LogP contribution in [0.25, 0.3) is 11.0 Å². The first-order valence-electron chi connectivity index (χ1n) is 6.09. The number of nitro benzene ring substituents is 1. The van der Waals surface area contributed by atoms with Crippen LogP contribution >= 0.6 is 0 Å². The normalized spacial score (nSPS) is 10.4. The Morgan fingerprint density at radius 2 is 2.14 bits per heavy atom. The molecule has 21 heavy (non-hydrogen) atoms. The van der Waals surface area contributed by atoms with Crippen LogP contribution in [0.4, 0.5) is 16.2 Å². The van der Waals surface area contributed by atoms with E-state index in [2.05, 4.69) is 10.1 Å². The summed E-state index contributed by atoms with van der Waals surface area (Å²) in [6.45, 7) is 3.37. The molecule has 0 saturated carbocycles. The molecule has 1 amide bonds. The molecular formula is C13H12N2O6. The standard InChI is InChI=1S/C13H12N2O6/c1-3-20-13(17)14-9-6-11-8(5-10(9)15(18)19)7(2)4-12(16)21-11/h4-6H,3H2,1-2H3,(H,14,17). The Morgan fingerprint density at radius 1 is 1.43 bits per heavy atom. The summed E-state index contributed by atoms with van der Waals surface area (Å²) < 4.78 is 9.66. The molecular weight excluding hydrogens is 280 g/mol. The lowest BCUT2D eigenvalue weighted by Gasteiger charge is -2.07. The molecule has 0 unspecified atom stereocenters. The highest BCUT2D eigenvalue weighted by Gasteiger charge is 2.19. The average molecular weight is 292 g/mol. The second-order valence-electron chi connectivity index (χ2n) is 4.22. The average Bonchev–Trinajstić information content (AvgIpc) is 2.37. The molecule has 0 bridgehead atoms. The van der Waals surface area contributed by atoms with Crippen LogP contribution in [0.15, 0.2) is 27.4 Å². The van der Waals surface area contributed by atoms with E-state index in [9.17, 15) is 19.7 Å². The van der Waals surface area contributed by atoms with E-state index < -0.39 is 16.6 Å². The first-order chi connectivity index (χ1) is 9.92. The lowest BCUT2D eigenvalue weighted by atomic mass is 10.1. The van der Waals surface area contributed by atoms with Crippen molar-refractivity contribution in [2.24, 2.45) is 0 Å². The van der Waals surface area contributed by atoms with Crippen molar-refractivity contribution in [3.05, 3.63) is 44.3 Å². The Labute approximate surface area is 118 Å². The van der Waals surface area contributed by atoms with Crippen LogP contribution in [0.2, 0.25) is 0 Å². The second kappa shape index (κ2) is 5.61. The van der Waals surface area contributed by atoms with Gasteiger partial charge in [0.05, 0.1) is 11.5 Å². The van der Waals surface area contributed by atoms with Gasteiger partial charge in [0.25, 0.3) is 5.69 Å². The number of fused-ring (bicyclic) bond motifs is 1. The fourth-order valence-corrected chi connectivity index (χ4v) is 1.88. The predicted molar refractivity (Wildman–Crippen MR) is 74.5 cm³/mol. The molecule has 0 saturated heterocycles. The molecule has 110 valence electrons. The number of carbonyl (C=O) groups is 1. The highest BCUT2D eigenvalue weighted by molar-refractivity contribution is 5.94. The molecule has 1 aromatic heterocycles. The number of amides is 1. The highest BCUT2D eigenvalue weighted by Crippen LogP contribution is 2.31. The van der Waals surface area contributed by atoms with Crippen molar-refractivity contribution in [3.8, 4) is 0 Å². The maximum Gasteiger partial charge on any atom is 0.411 e. The molecule has 0 spiro atoms. The molecule has 8 nitrogen and oxygen atoms in total. The van der Waals surface area contributed by atoms with Gasteiger partial charge in [-0.05, 0) is 19.4 Å². The van der Waals surface area contributed by atoms with Crippen LogP contribution in [-0.4, -0.2) is 17.6 Å². The minimum absolute atomic E-state index is 0.0975. The maximum absolute atomic E-state index is 11.4. The molecule has 1 N–H and O–H groups in total. The zero-order valence-corrected chi connectivity index (χ0v) is 11.3. The smallest absolute Gasteiger partial charge is 0.411 e. The summed E-state index contributed by atoms with van der Waals surface area (Å²) in [4.78, 5) is 33.2. The maximum atomic E-state index is 11.4. The zero-order chi connectivity index (χ0) is 15.6. The SMILES string of the molecule is CCOC(=O)Nc1cc2oc(=O)cc(C)c2cc1[N+](=O)[O-]. The zero-order valence-electron chi connectivity index (χ0n) is 11.3. The number of nitro groups is 1. The number of benzene rings is 1. The number of hydrogen-bond donors (Lipinski definition) is 1. The van der Waals surface area contributed by atoms with Crippen LogP contribution in [0.5, 0.6) is 0 Å². The van der Waals surface area contributed by atoms with Gasteiger partial charge in [-0.15, -0.1) is 0 Å². The monoisotopic (exact) mass is 292 g/mol. The minimum Gasteiger partial charge on any atom is -0.450 e. The first kappa shape index (κ1) is 14.5. The Balaban J connectivity index is 2.62. The molecule has 0 atom stereocenters. The second-order valence-corrected chi connectivity index (χ2v) is 4.22. The molecule has 1 heterocycles. The predicted octanol–water partition coefficient (Wildman–Crippen LogP) is 2.58. The lowest BCUT2D eigenvalue weighted by Crippen LogP contribution is -2.14. The number of hydrogen-bond acceptors (Lipinski definition) is 6. The number of ether oxygens (including phenoxy) is 1. The topological polar surface area (TPSA) is 112 Å². The minimum atomic E-state index is -0.824. The molecule has 8 heteroatoms. The number of anilines is 1. The first-order valence-corrected chi connectivity index (χ1v) is 6.09. The molecule has 2 aromatic rings. The molecule has 0 radical (unpaired) electrons. The van der Waals surface area contributed by atoms with Crippen molar-refractivity contribution in [2.75, 3.05) is 11.9 Å². The number of rotatable bonds is 3. The lowest BCUT2D eigenvalue weighted by molar-refractivity contribution is -0.383. The summed E-state index contributed by atoms with van der Waals surface area (Å²) in [5, 5.41) is 13.8. The summed E-state index contributed by atoms with van der Waals surface area (Å²) in [6.07, 6.45) is -0.824. The van der Waals surface area contributed by atoms with Gasteiger partial charge in [0, 0.05) is 23.6 Å². The van der Waals surface area contributed by atoms with Crippen molar-refractivity contribution in [1.82, 2.24) is 0 Å². The van der Waals surface area contributed by atoms with Crippen molar-refractivity contribution in [2.45, 2.75) is 13.8 Å². The fourth-order valence-electron chi connectivity index (χ4n) is 1.88. The van der Waals surface area contributed by atoms with E-state index in [1.54, 1.807) is 13.8 Å². The summed E-state index contributed by atoms with van der Waals surface area (Å²) in [6, 6.07) is 3.72. The molecule has 0 fully saturated rings. The molecule has 0 aliphatic carbocycles. The summed E-state index contributed by atoms with van der Waals surface area (Å²) in [5.74, 6) is 0. The summed E-state index contributed by atoms with van der Waals surface area (Å²) in [7, 11) is 0. The van der Waals surface area contributed by atoms with Crippen molar-refractivity contribution < 1.29 is 18.9 Å². The van der Waals surface area contributed by atoms with Crippen LogP contribution in [0.1, 0.15) is 12.5 Å². The van der Waals surface area contributed by atoms with Crippen molar-refractivity contribution in [3.63, 3.8) is 0 Å². The van der Waals surface area contributed by atoms with Gasteiger partial charge < -0.3 is 9.15 Å². The van der Waals surface area contributed by atoms with E-state index in [1.807, 2.05) is 0 Å². The number of nitrogens with one attached hydrogen (secondary N) is 1. The third-order valence-corrected chi connectivity index (χ3v) is 2.78. The Kier molecular flexibility index (Phi) is 3.88. The van der Waals surface area contributed by atoms with Crippen molar-refractivity contribution >= 4 is 28.4 Å². The van der Waals surface area contributed by atoms with Gasteiger partial charge in [0.2, 0.25) is 0 Å². The van der Waals surface area contributed by atoms with E-state index in [1.165, 1.54) is 18.2 Å². The largest absolute Gasteiger partial charge is 0.450 e. The van der Waals surface area contributed by atoms with Crippen LogP contribution in [0.3, 0.4) is 0 Å². The van der Waals surface area contributed by atoms with Crippen molar-refractivity contribution in [1.29, 1.82) is 0 Å². The molecule has 1 aromatic carbocycles. The number of carbonyl (C=O) groups excluding carboxylic acids is 1. The van der Waals surface area contributed by atoms with Gasteiger partial charge >= 0.3 is 11.7 Å². The summed E-state index contributed by atoms with van der Waals surface area (Å²) >= 11 is 0. The fraction of sp³-hybridized carbons (Fsp3) is 0.231. The third kappa shape index (κ3) is 2.99.